The van der Waals surface area contributed by atoms with Crippen LogP contribution in [0.15, 0.2) is 48.9 Å². The summed E-state index contributed by atoms with van der Waals surface area (Å²) in [5.74, 6) is 0.901. The Morgan fingerprint density at radius 2 is 1.94 bits per heavy atom. The normalized spacial score (nSPS) is 10.9. The van der Waals surface area contributed by atoms with E-state index in [0.29, 0.717) is 30.4 Å². The van der Waals surface area contributed by atoms with Crippen molar-refractivity contribution in [2.75, 3.05) is 39.2 Å². The van der Waals surface area contributed by atoms with Crippen molar-refractivity contribution in [3.05, 3.63) is 54.6 Å². The molecule has 4 aromatic rings. The first kappa shape index (κ1) is 25.7. The molecule has 0 fully saturated rings. The number of ether oxygens (including phenoxy) is 1. The summed E-state index contributed by atoms with van der Waals surface area (Å²) in [5.41, 5.74) is 5.06. The number of urea groups is 1. The number of rotatable bonds is 9. The third-order valence-corrected chi connectivity index (χ3v) is 5.23. The van der Waals surface area contributed by atoms with Crippen LogP contribution in [0.25, 0.3) is 33.5 Å². The number of aromatic amines is 1. The van der Waals surface area contributed by atoms with Gasteiger partial charge in [0.05, 0.1) is 17.8 Å². The second-order valence-corrected chi connectivity index (χ2v) is 7.83. The Morgan fingerprint density at radius 1 is 1.14 bits per heavy atom. The topological polar surface area (TPSA) is 121 Å². The quantitative estimate of drug-likeness (QED) is 0.335. The molecule has 1 aromatic carbocycles. The zero-order chi connectivity index (χ0) is 23.9. The Morgan fingerprint density at radius 3 is 2.63 bits per heavy atom. The maximum atomic E-state index is 12.0. The van der Waals surface area contributed by atoms with Crippen molar-refractivity contribution >= 4 is 23.0 Å². The van der Waals surface area contributed by atoms with Crippen molar-refractivity contribution in [2.24, 2.45) is 0 Å². The number of amides is 2. The maximum Gasteiger partial charge on any atom is 0.321 e. The predicted molar refractivity (Wildman–Crippen MR) is 138 cm³/mol. The summed E-state index contributed by atoms with van der Waals surface area (Å²) >= 11 is 0. The van der Waals surface area contributed by atoms with Gasteiger partial charge in [-0.3, -0.25) is 15.2 Å². The molecule has 0 atom stereocenters. The predicted octanol–water partition coefficient (Wildman–Crippen LogP) is 3.94. The number of nitrogens with one attached hydrogen (secondary N) is 3. The molecule has 10 heteroatoms. The van der Waals surface area contributed by atoms with Gasteiger partial charge in [0.2, 0.25) is 5.95 Å². The number of fused-ring (bicyclic) bond motifs is 1. The van der Waals surface area contributed by atoms with Crippen molar-refractivity contribution in [1.29, 1.82) is 0 Å². The van der Waals surface area contributed by atoms with Gasteiger partial charge in [0.25, 0.3) is 0 Å². The largest absolute Gasteiger partial charge is 0.383 e. The molecule has 0 aliphatic heterocycles. The Labute approximate surface area is 205 Å². The Kier molecular flexibility index (Phi) is 8.82. The molecule has 0 aliphatic rings. The van der Waals surface area contributed by atoms with E-state index in [-0.39, 0.29) is 13.5 Å². The van der Waals surface area contributed by atoms with Crippen molar-refractivity contribution in [1.82, 2.24) is 35.1 Å². The molecule has 3 aromatic heterocycles. The number of aromatic nitrogens is 5. The molecule has 0 bridgehead atoms. The number of hydrogen-bond acceptors (Lipinski definition) is 7. The van der Waals surface area contributed by atoms with Gasteiger partial charge in [0.15, 0.2) is 5.82 Å². The van der Waals surface area contributed by atoms with E-state index in [0.717, 1.165) is 41.0 Å². The highest BCUT2D eigenvalue weighted by molar-refractivity contribution is 5.97. The van der Waals surface area contributed by atoms with Gasteiger partial charge in [-0.2, -0.15) is 0 Å². The molecule has 3 N–H and O–H groups in total. The summed E-state index contributed by atoms with van der Waals surface area (Å²) in [6.45, 7) is 4.63. The van der Waals surface area contributed by atoms with Crippen LogP contribution in [0, 0.1) is 0 Å². The minimum absolute atomic E-state index is 0. The van der Waals surface area contributed by atoms with Gasteiger partial charge in [-0.1, -0.05) is 13.5 Å². The fourth-order valence-electron chi connectivity index (χ4n) is 3.56. The average Bonchev–Trinajstić information content (AvgIpc) is 3.25. The highest BCUT2D eigenvalue weighted by atomic mass is 16.5. The third-order valence-electron chi connectivity index (χ3n) is 5.23. The van der Waals surface area contributed by atoms with Gasteiger partial charge in [0, 0.05) is 56.5 Å². The number of methoxy groups -OCH3 is 1. The molecule has 0 unspecified atom stereocenters. The van der Waals surface area contributed by atoms with Gasteiger partial charge in [-0.15, -0.1) is 0 Å². The number of likely N-dealkylation sites (N-methyl/N-ethyl adjacent to an activating group) is 1. The average molecular weight is 477 g/mol. The zero-order valence-corrected chi connectivity index (χ0v) is 19.5. The van der Waals surface area contributed by atoms with E-state index in [1.165, 1.54) is 0 Å². The minimum atomic E-state index is -0.324. The van der Waals surface area contributed by atoms with Gasteiger partial charge in [0.1, 0.15) is 5.52 Å². The highest BCUT2D eigenvalue weighted by Crippen LogP contribution is 2.32. The lowest BCUT2D eigenvalue weighted by Crippen LogP contribution is -2.28. The van der Waals surface area contributed by atoms with Crippen molar-refractivity contribution in [3.8, 4) is 22.5 Å². The molecular weight excluding hydrogens is 444 g/mol. The van der Waals surface area contributed by atoms with E-state index >= 15 is 0 Å². The molecule has 2 amide bonds. The first-order valence-corrected chi connectivity index (χ1v) is 11.1. The number of pyridine rings is 1. The van der Waals surface area contributed by atoms with Crippen LogP contribution < -0.4 is 10.6 Å². The first-order valence-electron chi connectivity index (χ1n) is 11.1. The van der Waals surface area contributed by atoms with E-state index in [1.54, 1.807) is 25.6 Å². The van der Waals surface area contributed by atoms with Crippen molar-refractivity contribution < 1.29 is 9.53 Å². The fraction of sp³-hybridized carbons (Fsp3) is 0.320. The summed E-state index contributed by atoms with van der Waals surface area (Å²) in [4.78, 5) is 35.4. The number of imidazole rings is 1. The SMILES string of the molecule is C.CCNC(=O)Nc1nc2c(-c3ncccn3)cc(-c3ccc(CN(C)CCOC)nc3)cc2[nH]1. The van der Waals surface area contributed by atoms with E-state index in [9.17, 15) is 4.79 Å². The molecule has 0 radical (unpaired) electrons. The summed E-state index contributed by atoms with van der Waals surface area (Å²) in [6, 6.07) is 9.50. The molecule has 4 rings (SSSR count). The molecule has 0 spiro atoms. The Hall–Kier alpha value is -3.89. The van der Waals surface area contributed by atoms with Crippen LogP contribution in [0.1, 0.15) is 20.0 Å². The summed E-state index contributed by atoms with van der Waals surface area (Å²) in [6.07, 6.45) is 5.25. The van der Waals surface area contributed by atoms with Crippen LogP contribution in [-0.4, -0.2) is 69.7 Å². The van der Waals surface area contributed by atoms with Crippen LogP contribution in [0.5, 0.6) is 0 Å². The monoisotopic (exact) mass is 476 g/mol. The molecule has 35 heavy (non-hydrogen) atoms. The molecule has 184 valence electrons. The lowest BCUT2D eigenvalue weighted by atomic mass is 10.0. The molecule has 0 saturated carbocycles. The van der Waals surface area contributed by atoms with Crippen LogP contribution in [0.3, 0.4) is 0 Å². The van der Waals surface area contributed by atoms with Gasteiger partial charge < -0.3 is 15.0 Å². The number of anilines is 1. The van der Waals surface area contributed by atoms with E-state index in [4.69, 9.17) is 4.74 Å². The first-order chi connectivity index (χ1) is 16.6. The van der Waals surface area contributed by atoms with Crippen LogP contribution in [-0.2, 0) is 11.3 Å². The maximum absolute atomic E-state index is 12.0. The number of benzene rings is 1. The fourth-order valence-corrected chi connectivity index (χ4v) is 3.56. The molecule has 3 heterocycles. The number of hydrogen-bond donors (Lipinski definition) is 3. The van der Waals surface area contributed by atoms with Gasteiger partial charge in [-0.25, -0.2) is 19.7 Å². The summed E-state index contributed by atoms with van der Waals surface area (Å²) in [5, 5.41) is 5.43. The zero-order valence-electron chi connectivity index (χ0n) is 19.5. The van der Waals surface area contributed by atoms with Crippen LogP contribution >= 0.6 is 0 Å². The second kappa shape index (κ2) is 12.0. The van der Waals surface area contributed by atoms with Crippen LogP contribution in [0.4, 0.5) is 10.7 Å². The third kappa shape index (κ3) is 6.37. The smallest absolute Gasteiger partial charge is 0.321 e. The minimum Gasteiger partial charge on any atom is -0.383 e. The van der Waals surface area contributed by atoms with Crippen LogP contribution in [0.2, 0.25) is 0 Å². The standard InChI is InChI=1S/C24H28N8O2.CH4/c1-4-25-24(33)31-23-29-20-13-17(12-19(21(20)30-23)22-26-8-5-9-27-22)16-6-7-18(28-14-16)15-32(2)10-11-34-3;/h5-9,12-14H,4,10-11,15H2,1-3H3,(H3,25,29,30,31,33);1H4. The number of carbonyl (C=O) groups is 1. The Balaban J connectivity index is 0.00000342. The summed E-state index contributed by atoms with van der Waals surface area (Å²) in [7, 11) is 3.74. The van der Waals surface area contributed by atoms with E-state index in [2.05, 4.69) is 40.5 Å². The molecule has 10 nitrogen and oxygen atoms in total. The highest BCUT2D eigenvalue weighted by Gasteiger charge is 2.15. The summed E-state index contributed by atoms with van der Waals surface area (Å²) < 4.78 is 5.14. The number of H-pyrrole nitrogens is 1. The van der Waals surface area contributed by atoms with E-state index < -0.39 is 0 Å². The molecular formula is C25H32N8O2. The lowest BCUT2D eigenvalue weighted by Gasteiger charge is -2.15. The molecule has 0 aliphatic carbocycles. The van der Waals surface area contributed by atoms with Gasteiger partial charge in [-0.05, 0) is 43.8 Å². The molecule has 0 saturated heterocycles. The lowest BCUT2D eigenvalue weighted by molar-refractivity contribution is 0.158. The number of nitrogens with zero attached hydrogens (tertiary/aromatic N) is 5. The second-order valence-electron chi connectivity index (χ2n) is 7.83. The van der Waals surface area contributed by atoms with E-state index in [1.807, 2.05) is 44.4 Å². The van der Waals surface area contributed by atoms with Crippen molar-refractivity contribution in [2.45, 2.75) is 20.9 Å². The Bertz CT molecular complexity index is 1240. The van der Waals surface area contributed by atoms with Gasteiger partial charge >= 0.3 is 6.03 Å². The number of carbonyl (C=O) groups excluding carboxylic acids is 1. The van der Waals surface area contributed by atoms with Crippen molar-refractivity contribution in [3.63, 3.8) is 0 Å².